The van der Waals surface area contributed by atoms with Crippen LogP contribution in [0.5, 0.6) is 0 Å². The van der Waals surface area contributed by atoms with Crippen molar-refractivity contribution < 1.29 is 9.18 Å². The molecule has 4 aromatic heterocycles. The van der Waals surface area contributed by atoms with Gasteiger partial charge in [0.1, 0.15) is 11.9 Å². The molecule has 3 aliphatic carbocycles. The highest BCUT2D eigenvalue weighted by atomic mass is 35.5. The smallest absolute Gasteiger partial charge is 0.163 e. The van der Waals surface area contributed by atoms with E-state index in [0.717, 1.165) is 54.2 Å². The number of hydrogen-bond acceptors (Lipinski definition) is 4. The fourth-order valence-corrected chi connectivity index (χ4v) is 5.22. The van der Waals surface area contributed by atoms with Crippen LogP contribution in [0, 0.1) is 17.7 Å². The number of carbonyl (C=O) groups excluding carboxylic acids is 1. The third-order valence-corrected chi connectivity index (χ3v) is 6.68. The molecule has 4 heterocycles. The summed E-state index contributed by atoms with van der Waals surface area (Å²) in [4.78, 5) is 28.4. The minimum atomic E-state index is -0.389. The Morgan fingerprint density at radius 1 is 1.13 bits per heavy atom. The lowest BCUT2D eigenvalue weighted by atomic mass is 9.69. The number of pyridine rings is 1. The molecule has 0 unspecified atom stereocenters. The first-order chi connectivity index (χ1) is 14.6. The first-order valence-corrected chi connectivity index (χ1v) is 10.4. The molecule has 0 amide bonds. The molecule has 0 aliphatic heterocycles. The molecular weight excluding hydrogens is 405 g/mol. The molecule has 6 nitrogen and oxygen atoms in total. The molecule has 0 aromatic carbocycles. The van der Waals surface area contributed by atoms with Gasteiger partial charge < -0.3 is 9.55 Å². The lowest BCUT2D eigenvalue weighted by Crippen LogP contribution is -2.29. The SMILES string of the molecule is O=CC1=C(n2cc(F)c3cnc(-c4c[nH]c5ncc(Cl)cc45)nc32)C2CCC1CC2. The molecule has 3 aliphatic rings. The standard InChI is InChI=1S/C22H17ClFN5O/c23-13-5-14-15(7-26-20(14)25-6-13)21-27-8-16-18(24)9-29(22(16)28-21)19-12-3-1-11(2-4-12)17(19)10-30/h5-12H,1-4H2,(H,25,26). The second-order valence-electron chi connectivity index (χ2n) is 8.04. The minimum Gasteiger partial charge on any atom is -0.345 e. The maximum atomic E-state index is 14.8. The Hall–Kier alpha value is -3.06. The largest absolute Gasteiger partial charge is 0.345 e. The van der Waals surface area contributed by atoms with Crippen molar-refractivity contribution in [3.05, 3.63) is 47.3 Å². The molecule has 30 heavy (non-hydrogen) atoms. The van der Waals surface area contributed by atoms with Gasteiger partial charge in [-0.2, -0.15) is 0 Å². The molecule has 0 saturated heterocycles. The van der Waals surface area contributed by atoms with Gasteiger partial charge in [0.2, 0.25) is 0 Å². The fourth-order valence-electron chi connectivity index (χ4n) is 5.06. The molecule has 2 bridgehead atoms. The average Bonchev–Trinajstić information content (AvgIpc) is 3.34. The topological polar surface area (TPSA) is 76.5 Å². The number of hydrogen-bond donors (Lipinski definition) is 1. The van der Waals surface area contributed by atoms with Gasteiger partial charge in [0.25, 0.3) is 0 Å². The molecule has 0 spiro atoms. The van der Waals surface area contributed by atoms with E-state index in [9.17, 15) is 9.18 Å². The molecule has 1 fully saturated rings. The summed E-state index contributed by atoms with van der Waals surface area (Å²) >= 11 is 6.12. The highest BCUT2D eigenvalue weighted by Gasteiger charge is 2.36. The van der Waals surface area contributed by atoms with E-state index in [1.54, 1.807) is 23.0 Å². The number of allylic oxidation sites excluding steroid dienone is 2. The van der Waals surface area contributed by atoms with Gasteiger partial charge in [-0.3, -0.25) is 4.79 Å². The number of halogens is 2. The van der Waals surface area contributed by atoms with Crippen molar-refractivity contribution in [1.29, 1.82) is 0 Å². The van der Waals surface area contributed by atoms with Crippen molar-refractivity contribution in [3.63, 3.8) is 0 Å². The maximum absolute atomic E-state index is 14.8. The van der Waals surface area contributed by atoms with Crippen LogP contribution in [0.25, 0.3) is 39.2 Å². The highest BCUT2D eigenvalue weighted by molar-refractivity contribution is 6.31. The maximum Gasteiger partial charge on any atom is 0.163 e. The number of rotatable bonds is 3. The molecule has 1 N–H and O–H groups in total. The third-order valence-electron chi connectivity index (χ3n) is 6.47. The second-order valence-corrected chi connectivity index (χ2v) is 8.47. The van der Waals surface area contributed by atoms with E-state index in [4.69, 9.17) is 16.6 Å². The van der Waals surface area contributed by atoms with Crippen molar-refractivity contribution in [2.75, 3.05) is 0 Å². The zero-order valence-corrected chi connectivity index (χ0v) is 16.7. The Bertz CT molecular complexity index is 1360. The molecule has 4 aromatic rings. The van der Waals surface area contributed by atoms with Crippen molar-refractivity contribution >= 4 is 45.7 Å². The van der Waals surface area contributed by atoms with Crippen LogP contribution in [0.1, 0.15) is 25.7 Å². The van der Waals surface area contributed by atoms with Crippen LogP contribution in [0.2, 0.25) is 5.02 Å². The number of aldehydes is 1. The molecular formula is C22H17ClFN5O. The van der Waals surface area contributed by atoms with E-state index >= 15 is 0 Å². The van der Waals surface area contributed by atoms with Crippen molar-refractivity contribution in [1.82, 2.24) is 24.5 Å². The number of H-pyrrole nitrogens is 1. The van der Waals surface area contributed by atoms with Crippen molar-refractivity contribution in [2.24, 2.45) is 11.8 Å². The van der Waals surface area contributed by atoms with Crippen LogP contribution < -0.4 is 0 Å². The molecule has 0 atom stereocenters. The lowest BCUT2D eigenvalue weighted by molar-refractivity contribution is -0.105. The van der Waals surface area contributed by atoms with Crippen LogP contribution in [-0.2, 0) is 4.79 Å². The molecule has 8 heteroatoms. The molecule has 150 valence electrons. The first kappa shape index (κ1) is 17.8. The Labute approximate surface area is 175 Å². The Balaban J connectivity index is 1.59. The zero-order valence-electron chi connectivity index (χ0n) is 15.9. The number of nitrogens with one attached hydrogen (secondary N) is 1. The fraction of sp³-hybridized carbons (Fsp3) is 0.273. The highest BCUT2D eigenvalue weighted by Crippen LogP contribution is 2.47. The summed E-state index contributed by atoms with van der Waals surface area (Å²) in [5, 5.41) is 1.65. The molecule has 7 rings (SSSR count). The van der Waals surface area contributed by atoms with Gasteiger partial charge in [-0.1, -0.05) is 11.6 Å². The third kappa shape index (κ3) is 2.48. The second kappa shape index (κ2) is 6.47. The summed E-state index contributed by atoms with van der Waals surface area (Å²) in [5.41, 5.74) is 3.58. The van der Waals surface area contributed by atoms with E-state index < -0.39 is 0 Å². The summed E-state index contributed by atoms with van der Waals surface area (Å²) in [7, 11) is 0. The minimum absolute atomic E-state index is 0.250. The van der Waals surface area contributed by atoms with E-state index in [-0.39, 0.29) is 17.7 Å². The van der Waals surface area contributed by atoms with Crippen LogP contribution in [-0.4, -0.2) is 30.8 Å². The zero-order chi connectivity index (χ0) is 20.4. The Kier molecular flexibility index (Phi) is 3.83. The van der Waals surface area contributed by atoms with Gasteiger partial charge in [0.15, 0.2) is 17.3 Å². The number of nitrogens with zero attached hydrogens (tertiary/aromatic N) is 4. The summed E-state index contributed by atoms with van der Waals surface area (Å²) < 4.78 is 16.5. The Morgan fingerprint density at radius 3 is 2.73 bits per heavy atom. The summed E-state index contributed by atoms with van der Waals surface area (Å²) in [6.07, 6.45) is 11.3. The van der Waals surface area contributed by atoms with Gasteiger partial charge in [0.05, 0.1) is 10.4 Å². The Morgan fingerprint density at radius 2 is 1.93 bits per heavy atom. The van der Waals surface area contributed by atoms with Crippen LogP contribution in [0.15, 0.2) is 36.4 Å². The summed E-state index contributed by atoms with van der Waals surface area (Å²) in [6.45, 7) is 0. The monoisotopic (exact) mass is 421 g/mol. The molecule has 1 saturated carbocycles. The number of aromatic amines is 1. The van der Waals surface area contributed by atoms with Crippen LogP contribution in [0.3, 0.4) is 0 Å². The normalized spacial score (nSPS) is 21.1. The number of fused-ring (bicyclic) bond motifs is 4. The predicted molar refractivity (Wildman–Crippen MR) is 112 cm³/mol. The molecule has 0 radical (unpaired) electrons. The summed E-state index contributed by atoms with van der Waals surface area (Å²) in [5.74, 6) is 0.566. The number of aromatic nitrogens is 5. The van der Waals surface area contributed by atoms with Crippen LogP contribution >= 0.6 is 11.6 Å². The summed E-state index contributed by atoms with van der Waals surface area (Å²) in [6, 6.07) is 1.80. The van der Waals surface area contributed by atoms with Gasteiger partial charge in [-0.25, -0.2) is 19.3 Å². The van der Waals surface area contributed by atoms with E-state index in [1.165, 1.54) is 12.4 Å². The first-order valence-electron chi connectivity index (χ1n) is 10.00. The van der Waals surface area contributed by atoms with Crippen LogP contribution in [0.4, 0.5) is 4.39 Å². The van der Waals surface area contributed by atoms with E-state index in [0.29, 0.717) is 27.5 Å². The number of carbonyl (C=O) groups is 1. The van der Waals surface area contributed by atoms with Gasteiger partial charge in [0, 0.05) is 52.9 Å². The van der Waals surface area contributed by atoms with E-state index in [2.05, 4.69) is 15.0 Å². The van der Waals surface area contributed by atoms with Crippen molar-refractivity contribution in [3.8, 4) is 11.4 Å². The predicted octanol–water partition coefficient (Wildman–Crippen LogP) is 5.00. The van der Waals surface area contributed by atoms with Gasteiger partial charge >= 0.3 is 0 Å². The van der Waals surface area contributed by atoms with Gasteiger partial charge in [-0.05, 0) is 37.7 Å². The quantitative estimate of drug-likeness (QED) is 0.472. The average molecular weight is 422 g/mol. The lowest BCUT2D eigenvalue weighted by Gasteiger charge is -2.38. The van der Waals surface area contributed by atoms with E-state index in [1.807, 2.05) is 0 Å². The van der Waals surface area contributed by atoms with Gasteiger partial charge in [-0.15, -0.1) is 0 Å². The van der Waals surface area contributed by atoms with Crippen molar-refractivity contribution in [2.45, 2.75) is 25.7 Å².